The van der Waals surface area contributed by atoms with E-state index in [1.165, 1.54) is 0 Å². The highest BCUT2D eigenvalue weighted by Gasteiger charge is 2.26. The highest BCUT2D eigenvalue weighted by molar-refractivity contribution is 4.79. The van der Waals surface area contributed by atoms with Crippen molar-refractivity contribution in [3.63, 3.8) is 0 Å². The van der Waals surface area contributed by atoms with E-state index >= 15 is 0 Å². The molecular weight excluding hydrogens is 230 g/mol. The summed E-state index contributed by atoms with van der Waals surface area (Å²) in [5, 5.41) is 9.97. The van der Waals surface area contributed by atoms with Crippen molar-refractivity contribution < 1.29 is 14.6 Å². The van der Waals surface area contributed by atoms with Crippen LogP contribution in [-0.2, 0) is 9.47 Å². The Morgan fingerprint density at radius 2 is 2.06 bits per heavy atom. The second kappa shape index (κ2) is 7.43. The molecule has 0 aliphatic carbocycles. The molecule has 4 heteroatoms. The molecule has 1 atom stereocenters. The van der Waals surface area contributed by atoms with E-state index in [4.69, 9.17) is 9.47 Å². The third-order valence-electron chi connectivity index (χ3n) is 2.95. The van der Waals surface area contributed by atoms with Crippen LogP contribution >= 0.6 is 0 Å². The average molecular weight is 259 g/mol. The molecule has 0 aromatic rings. The lowest BCUT2D eigenvalue weighted by molar-refractivity contribution is -0.0296. The summed E-state index contributed by atoms with van der Waals surface area (Å²) in [5.41, 5.74) is -0.116. The minimum absolute atomic E-state index is 0.116. The summed E-state index contributed by atoms with van der Waals surface area (Å²) < 4.78 is 11.2. The van der Waals surface area contributed by atoms with Gasteiger partial charge in [-0.1, -0.05) is 13.8 Å². The van der Waals surface area contributed by atoms with Gasteiger partial charge in [0.05, 0.1) is 18.3 Å². The molecule has 1 N–H and O–H groups in total. The molecule has 1 fully saturated rings. The molecule has 0 aromatic heterocycles. The Morgan fingerprint density at radius 1 is 1.33 bits per heavy atom. The SMILES string of the molecule is CC(C)COCC(O)CN1CCCOC(C)(C)C1. The second-order valence-corrected chi connectivity index (χ2v) is 6.28. The van der Waals surface area contributed by atoms with Crippen molar-refractivity contribution in [2.75, 3.05) is 39.5 Å². The largest absolute Gasteiger partial charge is 0.389 e. The van der Waals surface area contributed by atoms with Gasteiger partial charge in [0.25, 0.3) is 0 Å². The van der Waals surface area contributed by atoms with E-state index in [2.05, 4.69) is 32.6 Å². The van der Waals surface area contributed by atoms with Gasteiger partial charge < -0.3 is 14.6 Å². The minimum Gasteiger partial charge on any atom is -0.389 e. The predicted molar refractivity (Wildman–Crippen MR) is 72.8 cm³/mol. The predicted octanol–water partition coefficient (Wildman–Crippen LogP) is 1.52. The molecule has 1 unspecified atom stereocenters. The van der Waals surface area contributed by atoms with Crippen LogP contribution in [0.2, 0.25) is 0 Å². The van der Waals surface area contributed by atoms with E-state index < -0.39 is 6.10 Å². The summed E-state index contributed by atoms with van der Waals surface area (Å²) in [4.78, 5) is 2.27. The zero-order valence-electron chi connectivity index (χ0n) is 12.3. The molecule has 0 bridgehead atoms. The summed E-state index contributed by atoms with van der Waals surface area (Å²) in [6, 6.07) is 0. The van der Waals surface area contributed by atoms with Crippen LogP contribution in [0.4, 0.5) is 0 Å². The quantitative estimate of drug-likeness (QED) is 0.785. The van der Waals surface area contributed by atoms with Gasteiger partial charge >= 0.3 is 0 Å². The summed E-state index contributed by atoms with van der Waals surface area (Å²) in [6.45, 7) is 12.9. The molecule has 0 amide bonds. The molecule has 1 heterocycles. The fourth-order valence-corrected chi connectivity index (χ4v) is 2.25. The number of β-amino-alcohol motifs (C(OH)–C–C–N with tert-alkyl or cyclic N) is 1. The molecule has 18 heavy (non-hydrogen) atoms. The molecule has 0 saturated carbocycles. The van der Waals surface area contributed by atoms with Crippen LogP contribution in [0.5, 0.6) is 0 Å². The number of ether oxygens (including phenoxy) is 2. The van der Waals surface area contributed by atoms with Crippen LogP contribution in [-0.4, -0.2) is 61.2 Å². The lowest BCUT2D eigenvalue weighted by atomic mass is 10.1. The molecule has 0 aromatic carbocycles. The van der Waals surface area contributed by atoms with Crippen LogP contribution in [0, 0.1) is 5.92 Å². The van der Waals surface area contributed by atoms with Crippen LogP contribution in [0.15, 0.2) is 0 Å². The Hall–Kier alpha value is -0.160. The van der Waals surface area contributed by atoms with Crippen LogP contribution < -0.4 is 0 Å². The smallest absolute Gasteiger partial charge is 0.0900 e. The van der Waals surface area contributed by atoms with Gasteiger partial charge in [-0.3, -0.25) is 4.90 Å². The zero-order chi connectivity index (χ0) is 13.6. The van der Waals surface area contributed by atoms with Gasteiger partial charge in [-0.25, -0.2) is 0 Å². The lowest BCUT2D eigenvalue weighted by Gasteiger charge is -2.30. The van der Waals surface area contributed by atoms with Gasteiger partial charge in [-0.05, 0) is 26.2 Å². The van der Waals surface area contributed by atoms with Gasteiger partial charge in [-0.15, -0.1) is 0 Å². The number of nitrogens with zero attached hydrogens (tertiary/aromatic N) is 1. The van der Waals surface area contributed by atoms with Crippen molar-refractivity contribution in [2.24, 2.45) is 5.92 Å². The van der Waals surface area contributed by atoms with E-state index in [9.17, 15) is 5.11 Å². The van der Waals surface area contributed by atoms with Crippen molar-refractivity contribution in [1.82, 2.24) is 4.90 Å². The van der Waals surface area contributed by atoms with E-state index in [1.54, 1.807) is 0 Å². The third kappa shape index (κ3) is 6.69. The maximum Gasteiger partial charge on any atom is 0.0900 e. The molecule has 0 spiro atoms. The molecule has 108 valence electrons. The van der Waals surface area contributed by atoms with E-state index in [0.29, 0.717) is 25.7 Å². The second-order valence-electron chi connectivity index (χ2n) is 6.28. The fourth-order valence-electron chi connectivity index (χ4n) is 2.25. The monoisotopic (exact) mass is 259 g/mol. The first kappa shape index (κ1) is 15.9. The van der Waals surface area contributed by atoms with Crippen molar-refractivity contribution in [3.8, 4) is 0 Å². The number of rotatable bonds is 6. The van der Waals surface area contributed by atoms with Crippen molar-refractivity contribution in [2.45, 2.75) is 45.8 Å². The topological polar surface area (TPSA) is 41.9 Å². The van der Waals surface area contributed by atoms with Gasteiger partial charge in [0.2, 0.25) is 0 Å². The van der Waals surface area contributed by atoms with Crippen LogP contribution in [0.1, 0.15) is 34.1 Å². The first-order chi connectivity index (χ1) is 8.39. The van der Waals surface area contributed by atoms with Gasteiger partial charge in [0.15, 0.2) is 0 Å². The summed E-state index contributed by atoms with van der Waals surface area (Å²) in [7, 11) is 0. The first-order valence-electron chi connectivity index (χ1n) is 7.01. The molecule has 4 nitrogen and oxygen atoms in total. The standard InChI is InChI=1S/C14H29NO3/c1-12(2)9-17-10-13(16)8-15-6-5-7-18-14(3,4)11-15/h12-13,16H,5-11H2,1-4H3. The van der Waals surface area contributed by atoms with Crippen molar-refractivity contribution in [1.29, 1.82) is 0 Å². The van der Waals surface area contributed by atoms with Crippen molar-refractivity contribution >= 4 is 0 Å². The number of hydrogen-bond acceptors (Lipinski definition) is 4. The maximum atomic E-state index is 9.97. The average Bonchev–Trinajstić information content (AvgIpc) is 2.38. The van der Waals surface area contributed by atoms with E-state index in [1.807, 2.05) is 0 Å². The van der Waals surface area contributed by atoms with Gasteiger partial charge in [0.1, 0.15) is 0 Å². The Bertz CT molecular complexity index is 231. The minimum atomic E-state index is -0.405. The lowest BCUT2D eigenvalue weighted by Crippen LogP contribution is -2.42. The molecule has 1 rings (SSSR count). The summed E-state index contributed by atoms with van der Waals surface area (Å²) in [6.07, 6.45) is 0.626. The number of aliphatic hydroxyl groups is 1. The maximum absolute atomic E-state index is 9.97. The molecule has 0 radical (unpaired) electrons. The fraction of sp³-hybridized carbons (Fsp3) is 1.00. The summed E-state index contributed by atoms with van der Waals surface area (Å²) >= 11 is 0. The Balaban J connectivity index is 2.27. The Labute approximate surface area is 111 Å². The molecule has 1 aliphatic rings. The Morgan fingerprint density at radius 3 is 2.72 bits per heavy atom. The molecule has 1 aliphatic heterocycles. The summed E-state index contributed by atoms with van der Waals surface area (Å²) in [5.74, 6) is 0.516. The highest BCUT2D eigenvalue weighted by Crippen LogP contribution is 2.16. The van der Waals surface area contributed by atoms with Crippen LogP contribution in [0.3, 0.4) is 0 Å². The first-order valence-corrected chi connectivity index (χ1v) is 7.01. The van der Waals surface area contributed by atoms with Crippen molar-refractivity contribution in [3.05, 3.63) is 0 Å². The number of aliphatic hydroxyl groups excluding tert-OH is 1. The van der Waals surface area contributed by atoms with Crippen LogP contribution in [0.25, 0.3) is 0 Å². The molecule has 1 saturated heterocycles. The van der Waals surface area contributed by atoms with E-state index in [-0.39, 0.29) is 5.60 Å². The Kier molecular flexibility index (Phi) is 6.57. The van der Waals surface area contributed by atoms with Gasteiger partial charge in [0, 0.05) is 32.8 Å². The van der Waals surface area contributed by atoms with E-state index in [0.717, 1.165) is 26.1 Å². The zero-order valence-corrected chi connectivity index (χ0v) is 12.3. The normalized spacial score (nSPS) is 23.0. The van der Waals surface area contributed by atoms with Gasteiger partial charge in [-0.2, -0.15) is 0 Å². The molecular formula is C14H29NO3. The highest BCUT2D eigenvalue weighted by atomic mass is 16.5. The third-order valence-corrected chi connectivity index (χ3v) is 2.95. The number of hydrogen-bond donors (Lipinski definition) is 1.